The number of benzene rings is 2. The number of aliphatic imine (C=N–C) groups is 1. The van der Waals surface area contributed by atoms with E-state index in [9.17, 15) is 18.3 Å². The van der Waals surface area contributed by atoms with Gasteiger partial charge in [-0.15, -0.1) is 0 Å². The third kappa shape index (κ3) is 6.22. The molecule has 0 bridgehead atoms. The van der Waals surface area contributed by atoms with Crippen LogP contribution in [-0.4, -0.2) is 76.1 Å². The smallest absolute Gasteiger partial charge is 0.321 e. The fourth-order valence-electron chi connectivity index (χ4n) is 6.21. The van der Waals surface area contributed by atoms with Crippen LogP contribution in [0.1, 0.15) is 43.2 Å². The molecular formula is C32H36N6O7S. The summed E-state index contributed by atoms with van der Waals surface area (Å²) in [5, 5.41) is 18.4. The normalized spacial score (nSPS) is 17.5. The molecule has 0 radical (unpaired) electrons. The second-order valence-corrected chi connectivity index (χ2v) is 12.8. The average Bonchev–Trinajstić information content (AvgIpc) is 3.74. The molecule has 0 spiro atoms. The van der Waals surface area contributed by atoms with Crippen LogP contribution < -0.4 is 29.7 Å². The zero-order valence-corrected chi connectivity index (χ0v) is 26.4. The van der Waals surface area contributed by atoms with Crippen LogP contribution in [0.3, 0.4) is 0 Å². The quantitative estimate of drug-likeness (QED) is 0.226. The Morgan fingerprint density at radius 3 is 2.65 bits per heavy atom. The summed E-state index contributed by atoms with van der Waals surface area (Å²) < 4.78 is 46.7. The molecule has 14 heteroatoms. The van der Waals surface area contributed by atoms with Gasteiger partial charge in [-0.1, -0.05) is 18.2 Å². The summed E-state index contributed by atoms with van der Waals surface area (Å²) in [6, 6.07) is 8.62. The van der Waals surface area contributed by atoms with Gasteiger partial charge in [0, 0.05) is 30.1 Å². The first-order chi connectivity index (χ1) is 22.3. The standard InChI is InChI=1S/C32H36N6O7S/c1-43-29-25(45-17-13-24(31(39)40)38-46(41,42)26-10-3-6-19-7-5-14-33-28(19)26)18-20-11-12-23(36-37-32-34-15-16-35-32)21-8-4-9-22(21)27(20)30(29)44-2/h3,5-7,10,14,18,24,38H,4,8-9,11-13,15-17H2,1-2H3,(H,39,40)(H2,34,35,37). The minimum Gasteiger partial charge on any atom is -0.492 e. The number of carbonyl (C=O) groups is 1. The number of methoxy groups -OCH3 is 2. The molecule has 46 heavy (non-hydrogen) atoms. The summed E-state index contributed by atoms with van der Waals surface area (Å²) >= 11 is 0. The minimum atomic E-state index is -4.22. The molecule has 1 atom stereocenters. The van der Waals surface area contributed by atoms with Crippen molar-refractivity contribution in [1.82, 2.24) is 20.4 Å². The highest BCUT2D eigenvalue weighted by atomic mass is 32.2. The van der Waals surface area contributed by atoms with E-state index in [4.69, 9.17) is 19.3 Å². The van der Waals surface area contributed by atoms with Crippen molar-refractivity contribution in [3.05, 3.63) is 59.3 Å². The van der Waals surface area contributed by atoms with Crippen LogP contribution in [0.15, 0.2) is 63.2 Å². The first-order valence-electron chi connectivity index (χ1n) is 15.1. The zero-order valence-electron chi connectivity index (χ0n) is 25.6. The number of carboxylic acid groups (broad SMARTS) is 1. The van der Waals surface area contributed by atoms with Crippen molar-refractivity contribution in [2.45, 2.75) is 49.5 Å². The van der Waals surface area contributed by atoms with Crippen LogP contribution in [0.4, 0.5) is 0 Å². The van der Waals surface area contributed by atoms with Crippen LogP contribution in [0.25, 0.3) is 16.5 Å². The van der Waals surface area contributed by atoms with E-state index in [1.165, 1.54) is 30.5 Å². The lowest BCUT2D eigenvalue weighted by molar-refractivity contribution is -0.139. The number of rotatable bonds is 11. The van der Waals surface area contributed by atoms with Gasteiger partial charge in [0.1, 0.15) is 10.9 Å². The Kier molecular flexibility index (Phi) is 9.08. The maximum absolute atomic E-state index is 13.3. The molecule has 3 aliphatic rings. The molecule has 1 unspecified atom stereocenters. The largest absolute Gasteiger partial charge is 0.492 e. The van der Waals surface area contributed by atoms with Crippen molar-refractivity contribution in [3.8, 4) is 17.2 Å². The maximum atomic E-state index is 13.3. The number of carboxylic acids is 1. The molecule has 13 nitrogen and oxygen atoms in total. The van der Waals surface area contributed by atoms with Gasteiger partial charge in [-0.3, -0.25) is 9.78 Å². The fraction of sp³-hybridized carbons (Fsp3) is 0.375. The first-order valence-corrected chi connectivity index (χ1v) is 16.6. The van der Waals surface area contributed by atoms with Gasteiger partial charge < -0.3 is 24.6 Å². The molecule has 0 fully saturated rings. The summed E-state index contributed by atoms with van der Waals surface area (Å²) in [5.41, 5.74) is 8.64. The Hall–Kier alpha value is -4.69. The number of fused-ring (bicyclic) bond motifs is 3. The van der Waals surface area contributed by atoms with Crippen LogP contribution in [0.5, 0.6) is 17.2 Å². The average molecular weight is 649 g/mol. The number of para-hydroxylation sites is 1. The molecule has 4 N–H and O–H groups in total. The molecule has 242 valence electrons. The van der Waals surface area contributed by atoms with Gasteiger partial charge in [0.25, 0.3) is 0 Å². The topological polar surface area (TPSA) is 173 Å². The van der Waals surface area contributed by atoms with Crippen LogP contribution >= 0.6 is 0 Å². The monoisotopic (exact) mass is 648 g/mol. The molecule has 2 aromatic carbocycles. The lowest BCUT2D eigenvalue weighted by Crippen LogP contribution is -2.41. The predicted octanol–water partition coefficient (Wildman–Crippen LogP) is 3.24. The number of hydrogen-bond acceptors (Lipinski definition) is 11. The van der Waals surface area contributed by atoms with E-state index < -0.39 is 22.0 Å². The van der Waals surface area contributed by atoms with E-state index in [1.807, 2.05) is 6.07 Å². The Morgan fingerprint density at radius 2 is 1.89 bits per heavy atom. The molecule has 1 aliphatic heterocycles. The number of allylic oxidation sites excluding steroid dienone is 2. The Morgan fingerprint density at radius 1 is 1.09 bits per heavy atom. The number of aliphatic carboxylic acids is 1. The second-order valence-electron chi connectivity index (χ2n) is 11.1. The Balaban J connectivity index is 1.23. The van der Waals surface area contributed by atoms with Gasteiger partial charge in [-0.2, -0.15) is 9.82 Å². The van der Waals surface area contributed by atoms with Crippen molar-refractivity contribution >= 4 is 44.1 Å². The molecule has 2 heterocycles. The van der Waals surface area contributed by atoms with E-state index in [2.05, 4.69) is 25.4 Å². The number of ether oxygens (including phenoxy) is 3. The van der Waals surface area contributed by atoms with E-state index >= 15 is 0 Å². The SMILES string of the molecule is COc1c(OCCC(NS(=O)(=O)c2cccc3cccnc23)C(=O)O)cc2c(c1OC)C1=C(CCC1)C(=NNC1=NCCN1)CC2. The Bertz CT molecular complexity index is 1870. The first kappa shape index (κ1) is 31.3. The Labute approximate surface area is 266 Å². The summed E-state index contributed by atoms with van der Waals surface area (Å²) in [6.45, 7) is 1.39. The number of sulfonamides is 1. The van der Waals surface area contributed by atoms with Crippen LogP contribution in [0.2, 0.25) is 0 Å². The number of nitrogens with zero attached hydrogens (tertiary/aromatic N) is 3. The molecule has 0 saturated carbocycles. The van der Waals surface area contributed by atoms with Crippen LogP contribution in [-0.2, 0) is 21.2 Å². The van der Waals surface area contributed by atoms with E-state index in [0.29, 0.717) is 48.0 Å². The summed E-state index contributed by atoms with van der Waals surface area (Å²) in [6.07, 6.45) is 5.46. The van der Waals surface area contributed by atoms with Gasteiger partial charge >= 0.3 is 5.97 Å². The van der Waals surface area contributed by atoms with E-state index in [1.54, 1.807) is 31.4 Å². The molecule has 0 saturated heterocycles. The molecule has 1 aromatic heterocycles. The van der Waals surface area contributed by atoms with E-state index in [0.717, 1.165) is 42.6 Å². The number of nitrogens with one attached hydrogen (secondary N) is 3. The number of aromatic nitrogens is 1. The van der Waals surface area contributed by atoms with Crippen molar-refractivity contribution in [1.29, 1.82) is 0 Å². The second kappa shape index (κ2) is 13.3. The third-order valence-electron chi connectivity index (χ3n) is 8.31. The number of hydrazone groups is 1. The third-order valence-corrected chi connectivity index (χ3v) is 9.81. The van der Waals surface area contributed by atoms with Crippen molar-refractivity contribution in [2.75, 3.05) is 33.9 Å². The summed E-state index contributed by atoms with van der Waals surface area (Å²) in [5.74, 6) is 0.648. The van der Waals surface area contributed by atoms with Gasteiger partial charge in [0.15, 0.2) is 11.5 Å². The lowest BCUT2D eigenvalue weighted by atomic mass is 9.95. The number of guanidine groups is 1. The zero-order chi connectivity index (χ0) is 32.3. The predicted molar refractivity (Wildman–Crippen MR) is 173 cm³/mol. The van der Waals surface area contributed by atoms with Crippen molar-refractivity contribution in [2.24, 2.45) is 10.1 Å². The highest BCUT2D eigenvalue weighted by molar-refractivity contribution is 7.89. The molecule has 6 rings (SSSR count). The summed E-state index contributed by atoms with van der Waals surface area (Å²) in [7, 11) is -1.11. The minimum absolute atomic E-state index is 0.0962. The summed E-state index contributed by atoms with van der Waals surface area (Å²) in [4.78, 5) is 20.6. The van der Waals surface area contributed by atoms with Gasteiger partial charge in [0.05, 0.1) is 38.6 Å². The molecule has 2 aliphatic carbocycles. The highest BCUT2D eigenvalue weighted by Gasteiger charge is 2.32. The number of pyridine rings is 1. The lowest BCUT2D eigenvalue weighted by Gasteiger charge is -2.21. The van der Waals surface area contributed by atoms with Gasteiger partial charge in [-0.25, -0.2) is 18.8 Å². The van der Waals surface area contributed by atoms with E-state index in [-0.39, 0.29) is 23.4 Å². The molecule has 3 aromatic rings. The van der Waals surface area contributed by atoms with Gasteiger partial charge in [0.2, 0.25) is 21.7 Å². The molecular weight excluding hydrogens is 612 g/mol. The fourth-order valence-corrected chi connectivity index (χ4v) is 7.62. The van der Waals surface area contributed by atoms with Crippen molar-refractivity contribution in [3.63, 3.8) is 0 Å². The molecule has 0 amide bonds. The highest BCUT2D eigenvalue weighted by Crippen LogP contribution is 2.50. The maximum Gasteiger partial charge on any atom is 0.321 e. The van der Waals surface area contributed by atoms with Crippen LogP contribution in [0, 0.1) is 0 Å². The number of aryl methyl sites for hydroxylation is 1. The van der Waals surface area contributed by atoms with Crippen molar-refractivity contribution < 1.29 is 32.5 Å². The van der Waals surface area contributed by atoms with Gasteiger partial charge in [-0.05, 0) is 67.0 Å². The number of hydrogen-bond donors (Lipinski definition) is 4.